The number of rotatable bonds is 5. The van der Waals surface area contributed by atoms with Crippen molar-refractivity contribution < 1.29 is 9.53 Å². The van der Waals surface area contributed by atoms with Crippen LogP contribution in [0.5, 0.6) is 0 Å². The van der Waals surface area contributed by atoms with Crippen LogP contribution in [0.15, 0.2) is 12.4 Å². The van der Waals surface area contributed by atoms with Gasteiger partial charge in [-0.05, 0) is 20.9 Å². The molecule has 1 saturated heterocycles. The molecule has 7 nitrogen and oxygen atoms in total. The maximum Gasteiger partial charge on any atom is 0.245 e. The Morgan fingerprint density at radius 2 is 2.19 bits per heavy atom. The van der Waals surface area contributed by atoms with Gasteiger partial charge in [0.1, 0.15) is 6.04 Å². The summed E-state index contributed by atoms with van der Waals surface area (Å²) >= 11 is 0. The van der Waals surface area contributed by atoms with E-state index in [0.29, 0.717) is 25.7 Å². The fourth-order valence-electron chi connectivity index (χ4n) is 2.23. The number of carbonyl (C=O) groups is 1. The molecule has 1 aliphatic rings. The number of hydrogen-bond donors (Lipinski definition) is 2. The number of nitrogens with zero attached hydrogens (tertiary/aromatic N) is 3. The largest absolute Gasteiger partial charge is 0.377 e. The SMILES string of the molecule is CNCc1cnc(N2CCOCC2C(=O)NC(C)C)nc1. The first kappa shape index (κ1) is 15.7. The van der Waals surface area contributed by atoms with Crippen LogP contribution in [0.3, 0.4) is 0 Å². The van der Waals surface area contributed by atoms with Crippen molar-refractivity contribution in [2.45, 2.75) is 32.5 Å². The molecule has 0 aromatic carbocycles. The number of aromatic nitrogens is 2. The fraction of sp³-hybridized carbons (Fsp3) is 0.643. The summed E-state index contributed by atoms with van der Waals surface area (Å²) in [5.74, 6) is 0.523. The van der Waals surface area contributed by atoms with E-state index < -0.39 is 0 Å². The maximum absolute atomic E-state index is 12.3. The van der Waals surface area contributed by atoms with Crippen LogP contribution in [-0.4, -0.2) is 54.8 Å². The molecule has 1 atom stereocenters. The number of morpholine rings is 1. The second kappa shape index (κ2) is 7.33. The minimum atomic E-state index is -0.378. The summed E-state index contributed by atoms with van der Waals surface area (Å²) in [4.78, 5) is 22.9. The Balaban J connectivity index is 2.12. The summed E-state index contributed by atoms with van der Waals surface area (Å²) in [5.41, 5.74) is 1.01. The highest BCUT2D eigenvalue weighted by molar-refractivity contribution is 5.85. The lowest BCUT2D eigenvalue weighted by atomic mass is 10.2. The summed E-state index contributed by atoms with van der Waals surface area (Å²) in [5, 5.41) is 5.97. The highest BCUT2D eigenvalue weighted by Crippen LogP contribution is 2.15. The average molecular weight is 293 g/mol. The number of ether oxygens (including phenoxy) is 1. The Hall–Kier alpha value is -1.73. The quantitative estimate of drug-likeness (QED) is 0.791. The second-order valence-corrected chi connectivity index (χ2v) is 5.37. The highest BCUT2D eigenvalue weighted by atomic mass is 16.5. The monoisotopic (exact) mass is 293 g/mol. The van der Waals surface area contributed by atoms with Crippen molar-refractivity contribution in [2.75, 3.05) is 31.7 Å². The lowest BCUT2D eigenvalue weighted by molar-refractivity contribution is -0.125. The zero-order valence-corrected chi connectivity index (χ0v) is 12.8. The molecule has 0 saturated carbocycles. The molecule has 2 rings (SSSR count). The van der Waals surface area contributed by atoms with Gasteiger partial charge in [0, 0.05) is 37.1 Å². The van der Waals surface area contributed by atoms with Crippen molar-refractivity contribution in [2.24, 2.45) is 0 Å². The first-order valence-electron chi connectivity index (χ1n) is 7.22. The molecule has 1 aromatic rings. The number of nitrogens with one attached hydrogen (secondary N) is 2. The van der Waals surface area contributed by atoms with Gasteiger partial charge in [0.05, 0.1) is 13.2 Å². The molecular weight excluding hydrogens is 270 g/mol. The molecule has 7 heteroatoms. The van der Waals surface area contributed by atoms with Crippen molar-refractivity contribution >= 4 is 11.9 Å². The van der Waals surface area contributed by atoms with Crippen LogP contribution in [0.2, 0.25) is 0 Å². The Bertz CT molecular complexity index is 463. The van der Waals surface area contributed by atoms with Crippen LogP contribution in [0, 0.1) is 0 Å². The summed E-state index contributed by atoms with van der Waals surface area (Å²) in [6.07, 6.45) is 3.57. The van der Waals surface area contributed by atoms with Gasteiger partial charge >= 0.3 is 0 Å². The van der Waals surface area contributed by atoms with Gasteiger partial charge in [0.25, 0.3) is 0 Å². The lowest BCUT2D eigenvalue weighted by Gasteiger charge is -2.34. The minimum Gasteiger partial charge on any atom is -0.377 e. The lowest BCUT2D eigenvalue weighted by Crippen LogP contribution is -2.55. The van der Waals surface area contributed by atoms with Crippen molar-refractivity contribution in [3.05, 3.63) is 18.0 Å². The first-order chi connectivity index (χ1) is 10.1. The standard InChI is InChI=1S/C14H23N5O2/c1-10(2)18-13(20)12-9-21-5-4-19(12)14-16-7-11(6-15-3)8-17-14/h7-8,10,12,15H,4-6,9H2,1-3H3,(H,18,20). The molecule has 1 fully saturated rings. The van der Waals surface area contributed by atoms with E-state index in [1.54, 1.807) is 12.4 Å². The Labute approximate surface area is 125 Å². The third kappa shape index (κ3) is 4.12. The number of anilines is 1. The molecule has 116 valence electrons. The Morgan fingerprint density at radius 3 is 2.81 bits per heavy atom. The summed E-state index contributed by atoms with van der Waals surface area (Å²) in [7, 11) is 1.88. The molecule has 1 amide bonds. The topological polar surface area (TPSA) is 79.4 Å². The van der Waals surface area contributed by atoms with Gasteiger partial charge in [-0.2, -0.15) is 0 Å². The van der Waals surface area contributed by atoms with E-state index in [9.17, 15) is 4.79 Å². The van der Waals surface area contributed by atoms with Gasteiger partial charge < -0.3 is 20.3 Å². The predicted octanol–water partition coefficient (Wildman–Crippen LogP) is -0.0742. The molecule has 1 aromatic heterocycles. The van der Waals surface area contributed by atoms with E-state index >= 15 is 0 Å². The molecule has 1 aliphatic heterocycles. The summed E-state index contributed by atoms with van der Waals surface area (Å²) < 4.78 is 5.43. The van der Waals surface area contributed by atoms with Crippen molar-refractivity contribution in [3.8, 4) is 0 Å². The van der Waals surface area contributed by atoms with E-state index in [4.69, 9.17) is 4.74 Å². The predicted molar refractivity (Wildman–Crippen MR) is 80.0 cm³/mol. The maximum atomic E-state index is 12.3. The van der Waals surface area contributed by atoms with Gasteiger partial charge in [0.2, 0.25) is 11.9 Å². The van der Waals surface area contributed by atoms with Crippen LogP contribution in [0.25, 0.3) is 0 Å². The van der Waals surface area contributed by atoms with Gasteiger partial charge in [0.15, 0.2) is 0 Å². The molecule has 2 N–H and O–H groups in total. The molecule has 1 unspecified atom stereocenters. The summed E-state index contributed by atoms with van der Waals surface area (Å²) in [6.45, 7) is 6.15. The van der Waals surface area contributed by atoms with Gasteiger partial charge in [-0.25, -0.2) is 9.97 Å². The third-order valence-corrected chi connectivity index (χ3v) is 3.19. The molecule has 0 aliphatic carbocycles. The Kier molecular flexibility index (Phi) is 5.46. The number of amides is 1. The van der Waals surface area contributed by atoms with Crippen molar-refractivity contribution in [1.29, 1.82) is 0 Å². The zero-order chi connectivity index (χ0) is 15.2. The van der Waals surface area contributed by atoms with Crippen LogP contribution in [-0.2, 0) is 16.1 Å². The smallest absolute Gasteiger partial charge is 0.245 e. The molecule has 0 spiro atoms. The molecular formula is C14H23N5O2. The summed E-state index contributed by atoms with van der Waals surface area (Å²) in [6, 6.07) is -0.281. The van der Waals surface area contributed by atoms with Crippen LogP contribution in [0.4, 0.5) is 5.95 Å². The van der Waals surface area contributed by atoms with Crippen LogP contribution >= 0.6 is 0 Å². The number of hydrogen-bond acceptors (Lipinski definition) is 6. The average Bonchev–Trinajstić information content (AvgIpc) is 2.48. The normalized spacial score (nSPS) is 18.9. The highest BCUT2D eigenvalue weighted by Gasteiger charge is 2.31. The van der Waals surface area contributed by atoms with Crippen molar-refractivity contribution in [3.63, 3.8) is 0 Å². The molecule has 0 bridgehead atoms. The van der Waals surface area contributed by atoms with E-state index in [1.165, 1.54) is 0 Å². The first-order valence-corrected chi connectivity index (χ1v) is 7.22. The molecule has 0 radical (unpaired) electrons. The fourth-order valence-corrected chi connectivity index (χ4v) is 2.23. The Morgan fingerprint density at radius 1 is 1.48 bits per heavy atom. The zero-order valence-electron chi connectivity index (χ0n) is 12.8. The molecule has 21 heavy (non-hydrogen) atoms. The van der Waals surface area contributed by atoms with E-state index in [0.717, 1.165) is 12.1 Å². The van der Waals surface area contributed by atoms with E-state index in [1.807, 2.05) is 25.8 Å². The third-order valence-electron chi connectivity index (χ3n) is 3.19. The van der Waals surface area contributed by atoms with Gasteiger partial charge in [-0.3, -0.25) is 4.79 Å². The second-order valence-electron chi connectivity index (χ2n) is 5.37. The van der Waals surface area contributed by atoms with Gasteiger partial charge in [-0.15, -0.1) is 0 Å². The number of carbonyl (C=O) groups excluding carboxylic acids is 1. The van der Waals surface area contributed by atoms with Gasteiger partial charge in [-0.1, -0.05) is 0 Å². The van der Waals surface area contributed by atoms with E-state index in [2.05, 4.69) is 20.6 Å². The van der Waals surface area contributed by atoms with E-state index in [-0.39, 0.29) is 18.0 Å². The molecule has 2 heterocycles. The van der Waals surface area contributed by atoms with Crippen molar-refractivity contribution in [1.82, 2.24) is 20.6 Å². The minimum absolute atomic E-state index is 0.0485. The van der Waals surface area contributed by atoms with Crippen LogP contribution in [0.1, 0.15) is 19.4 Å². The van der Waals surface area contributed by atoms with Crippen LogP contribution < -0.4 is 15.5 Å².